The fraction of sp³-hybridized carbons (Fsp3) is 0.786. The number of likely N-dealkylation sites (tertiary alicyclic amines) is 1. The van der Waals surface area contributed by atoms with Crippen molar-refractivity contribution in [3.8, 4) is 0 Å². The van der Waals surface area contributed by atoms with Crippen molar-refractivity contribution in [1.29, 1.82) is 0 Å². The van der Waals surface area contributed by atoms with Gasteiger partial charge >= 0.3 is 5.97 Å². The van der Waals surface area contributed by atoms with Crippen LogP contribution in [0.3, 0.4) is 0 Å². The predicted molar refractivity (Wildman–Crippen MR) is 80.2 cm³/mol. The average molecular weight is 314 g/mol. The molecule has 0 unspecified atom stereocenters. The molecule has 0 aliphatic carbocycles. The van der Waals surface area contributed by atoms with E-state index in [1.54, 1.807) is 9.80 Å². The third kappa shape index (κ3) is 3.51. The first-order valence-electron chi connectivity index (χ1n) is 7.41. The highest BCUT2D eigenvalue weighted by atomic mass is 32.2. The van der Waals surface area contributed by atoms with Gasteiger partial charge in [0.15, 0.2) is 0 Å². The van der Waals surface area contributed by atoms with Gasteiger partial charge in [-0.15, -0.1) is 0 Å². The average Bonchev–Trinajstić information content (AvgIpc) is 2.90. The van der Waals surface area contributed by atoms with Crippen LogP contribution in [-0.2, 0) is 9.59 Å². The summed E-state index contributed by atoms with van der Waals surface area (Å²) in [7, 11) is 0. The quantitative estimate of drug-likeness (QED) is 0.835. The summed E-state index contributed by atoms with van der Waals surface area (Å²) in [6.07, 6.45) is 1.97. The van der Waals surface area contributed by atoms with E-state index in [9.17, 15) is 19.5 Å². The van der Waals surface area contributed by atoms with E-state index in [0.29, 0.717) is 45.3 Å². The predicted octanol–water partition coefficient (Wildman–Crippen LogP) is 1.65. The minimum atomic E-state index is -0.753. The molecule has 7 heteroatoms. The summed E-state index contributed by atoms with van der Waals surface area (Å²) in [6.45, 7) is 4.08. The van der Waals surface area contributed by atoms with Crippen molar-refractivity contribution in [3.05, 3.63) is 0 Å². The normalized spacial score (nSPS) is 21.7. The van der Waals surface area contributed by atoms with Crippen molar-refractivity contribution in [2.24, 2.45) is 5.41 Å². The molecular weight excluding hydrogens is 292 g/mol. The van der Waals surface area contributed by atoms with Gasteiger partial charge in [-0.25, -0.2) is 0 Å². The minimum Gasteiger partial charge on any atom is -0.481 e. The van der Waals surface area contributed by atoms with Gasteiger partial charge in [0.2, 0.25) is 5.91 Å². The molecule has 2 aliphatic heterocycles. The van der Waals surface area contributed by atoms with E-state index in [-0.39, 0.29) is 11.1 Å². The Morgan fingerprint density at radius 1 is 1.29 bits per heavy atom. The maximum Gasteiger partial charge on any atom is 0.309 e. The smallest absolute Gasteiger partial charge is 0.309 e. The summed E-state index contributed by atoms with van der Waals surface area (Å²) >= 11 is 1.30. The number of rotatable bonds is 5. The maximum atomic E-state index is 12.2. The second-order valence-electron chi connectivity index (χ2n) is 5.67. The topological polar surface area (TPSA) is 77.9 Å². The largest absolute Gasteiger partial charge is 0.481 e. The van der Waals surface area contributed by atoms with E-state index in [1.165, 1.54) is 11.8 Å². The van der Waals surface area contributed by atoms with Crippen LogP contribution in [0.4, 0.5) is 4.79 Å². The Bertz CT molecular complexity index is 433. The number of carbonyl (C=O) groups is 3. The number of hydrogen-bond donors (Lipinski definition) is 1. The van der Waals surface area contributed by atoms with Crippen molar-refractivity contribution in [3.63, 3.8) is 0 Å². The lowest BCUT2D eigenvalue weighted by molar-refractivity contribution is -0.154. The number of carboxylic acid groups (broad SMARTS) is 1. The number of nitrogens with zero attached hydrogens (tertiary/aromatic N) is 2. The number of carboxylic acids is 1. The Morgan fingerprint density at radius 3 is 2.43 bits per heavy atom. The molecule has 2 amide bonds. The number of piperidine rings is 1. The van der Waals surface area contributed by atoms with E-state index < -0.39 is 11.4 Å². The molecular formula is C14H22N2O4S. The van der Waals surface area contributed by atoms with Crippen molar-refractivity contribution < 1.29 is 19.5 Å². The zero-order chi connectivity index (χ0) is 15.5. The van der Waals surface area contributed by atoms with Gasteiger partial charge in [-0.3, -0.25) is 14.4 Å². The monoisotopic (exact) mass is 314 g/mol. The standard InChI is InChI=1S/C14H22N2O4S/c1-2-14(12(18)19)4-7-15(8-5-14)11(17)3-6-16-9-10-21-13(16)20/h2-10H2,1H3,(H,18,19). The highest BCUT2D eigenvalue weighted by Gasteiger charge is 2.40. The molecule has 2 saturated heterocycles. The summed E-state index contributed by atoms with van der Waals surface area (Å²) in [5.41, 5.74) is -0.668. The van der Waals surface area contributed by atoms with Crippen LogP contribution in [0, 0.1) is 5.41 Å². The third-order valence-electron chi connectivity index (χ3n) is 4.64. The fourth-order valence-corrected chi connectivity index (χ4v) is 3.77. The molecule has 0 radical (unpaired) electrons. The Balaban J connectivity index is 1.80. The number of thioether (sulfide) groups is 1. The molecule has 2 fully saturated rings. The Labute approximate surface area is 128 Å². The van der Waals surface area contributed by atoms with Crippen LogP contribution in [0.1, 0.15) is 32.6 Å². The summed E-state index contributed by atoms with van der Waals surface area (Å²) in [6, 6.07) is 0. The van der Waals surface area contributed by atoms with Gasteiger partial charge in [0.05, 0.1) is 5.41 Å². The van der Waals surface area contributed by atoms with Gasteiger partial charge in [0.25, 0.3) is 5.24 Å². The van der Waals surface area contributed by atoms with E-state index in [0.717, 1.165) is 12.3 Å². The van der Waals surface area contributed by atoms with Gasteiger partial charge < -0.3 is 14.9 Å². The number of amides is 2. The van der Waals surface area contributed by atoms with Crippen LogP contribution in [0.15, 0.2) is 0 Å². The second kappa shape index (κ2) is 6.68. The Kier molecular flexibility index (Phi) is 5.13. The highest BCUT2D eigenvalue weighted by Crippen LogP contribution is 2.35. The molecule has 0 saturated carbocycles. The molecule has 2 rings (SSSR count). The lowest BCUT2D eigenvalue weighted by Gasteiger charge is -2.38. The second-order valence-corrected chi connectivity index (χ2v) is 6.72. The number of hydrogen-bond acceptors (Lipinski definition) is 4. The van der Waals surface area contributed by atoms with Crippen LogP contribution in [0.5, 0.6) is 0 Å². The van der Waals surface area contributed by atoms with Crippen LogP contribution >= 0.6 is 11.8 Å². The summed E-state index contributed by atoms with van der Waals surface area (Å²) in [5, 5.41) is 9.39. The van der Waals surface area contributed by atoms with E-state index in [4.69, 9.17) is 0 Å². The van der Waals surface area contributed by atoms with Crippen LogP contribution in [0.2, 0.25) is 0 Å². The van der Waals surface area contributed by atoms with Gasteiger partial charge in [-0.05, 0) is 19.3 Å². The summed E-state index contributed by atoms with van der Waals surface area (Å²) < 4.78 is 0. The lowest BCUT2D eigenvalue weighted by Crippen LogP contribution is -2.46. The van der Waals surface area contributed by atoms with Gasteiger partial charge in [0.1, 0.15) is 0 Å². The highest BCUT2D eigenvalue weighted by molar-refractivity contribution is 8.13. The van der Waals surface area contributed by atoms with E-state index in [1.807, 2.05) is 6.92 Å². The van der Waals surface area contributed by atoms with Gasteiger partial charge in [0, 0.05) is 38.4 Å². The molecule has 0 atom stereocenters. The Hall–Kier alpha value is -1.24. The zero-order valence-electron chi connectivity index (χ0n) is 12.3. The molecule has 1 N–H and O–H groups in total. The Morgan fingerprint density at radius 2 is 1.95 bits per heavy atom. The van der Waals surface area contributed by atoms with Crippen LogP contribution in [-0.4, -0.2) is 64.0 Å². The van der Waals surface area contributed by atoms with E-state index in [2.05, 4.69) is 0 Å². The SMILES string of the molecule is CCC1(C(=O)O)CCN(C(=O)CCN2CCSC2=O)CC1. The first-order valence-corrected chi connectivity index (χ1v) is 8.40. The molecule has 21 heavy (non-hydrogen) atoms. The van der Waals surface area contributed by atoms with Crippen molar-refractivity contribution >= 4 is 28.9 Å². The van der Waals surface area contributed by atoms with Crippen molar-refractivity contribution in [2.75, 3.05) is 31.9 Å². The molecule has 0 bridgehead atoms. The van der Waals surface area contributed by atoms with Crippen LogP contribution < -0.4 is 0 Å². The first-order chi connectivity index (χ1) is 9.98. The fourth-order valence-electron chi connectivity index (χ4n) is 2.92. The zero-order valence-corrected chi connectivity index (χ0v) is 13.2. The van der Waals surface area contributed by atoms with Gasteiger partial charge in [-0.2, -0.15) is 0 Å². The van der Waals surface area contributed by atoms with Crippen molar-refractivity contribution in [1.82, 2.24) is 9.80 Å². The number of carbonyl (C=O) groups excluding carboxylic acids is 2. The van der Waals surface area contributed by atoms with Gasteiger partial charge in [-0.1, -0.05) is 18.7 Å². The molecule has 2 aliphatic rings. The van der Waals surface area contributed by atoms with Crippen molar-refractivity contribution in [2.45, 2.75) is 32.6 Å². The number of aliphatic carboxylic acids is 1. The summed E-state index contributed by atoms with van der Waals surface area (Å²) in [4.78, 5) is 38.4. The lowest BCUT2D eigenvalue weighted by atomic mass is 9.76. The third-order valence-corrected chi connectivity index (χ3v) is 5.54. The minimum absolute atomic E-state index is 0.0230. The molecule has 118 valence electrons. The summed E-state index contributed by atoms with van der Waals surface area (Å²) in [5.74, 6) is 0.0700. The molecule has 0 aromatic heterocycles. The molecule has 0 aromatic carbocycles. The van der Waals surface area contributed by atoms with E-state index >= 15 is 0 Å². The maximum absolute atomic E-state index is 12.2. The first kappa shape index (κ1) is 16.1. The molecule has 6 nitrogen and oxygen atoms in total. The molecule has 0 spiro atoms. The molecule has 2 heterocycles. The van der Waals surface area contributed by atoms with Crippen LogP contribution in [0.25, 0.3) is 0 Å². The molecule has 0 aromatic rings.